The summed E-state index contributed by atoms with van der Waals surface area (Å²) in [6.07, 6.45) is 0.386. The van der Waals surface area contributed by atoms with E-state index in [1.165, 1.54) is 0 Å². The van der Waals surface area contributed by atoms with Crippen LogP contribution in [0.25, 0.3) is 0 Å². The molecule has 1 aromatic carbocycles. The van der Waals surface area contributed by atoms with E-state index in [1.807, 2.05) is 6.92 Å². The Kier molecular flexibility index (Phi) is 4.87. The number of nitrogens with one attached hydrogen (secondary N) is 2. The number of benzene rings is 1. The van der Waals surface area contributed by atoms with Gasteiger partial charge in [-0.2, -0.15) is 0 Å². The van der Waals surface area contributed by atoms with Gasteiger partial charge < -0.3 is 19.2 Å². The molecule has 2 rings (SSSR count). The molecule has 7 heteroatoms. The molecule has 0 aliphatic rings. The maximum atomic E-state index is 12.1. The Morgan fingerprint density at radius 1 is 1.00 bits per heavy atom. The van der Waals surface area contributed by atoms with Crippen LogP contribution >= 0.6 is 12.2 Å². The molecule has 0 aliphatic carbocycles. The van der Waals surface area contributed by atoms with Crippen LogP contribution in [0.1, 0.15) is 16.8 Å². The smallest absolute Gasteiger partial charge is 0.255 e. The van der Waals surface area contributed by atoms with Crippen LogP contribution in [0, 0.1) is 11.7 Å². The standard InChI is InChI=1S/C15H18N2O4S/c1-8-10(14(18)17-15(22)16-8)5-9-6-12(20-3)13(21-4)7-11(9)19-2/h6-7H,5H2,1-4H3,(H2,16,17,18,22). The normalized spacial score (nSPS) is 10.4. The van der Waals surface area contributed by atoms with Crippen LogP contribution in [0.4, 0.5) is 0 Å². The highest BCUT2D eigenvalue weighted by atomic mass is 32.1. The van der Waals surface area contributed by atoms with Crippen LogP contribution in [0.3, 0.4) is 0 Å². The number of hydrogen-bond donors (Lipinski definition) is 2. The second-order valence-electron chi connectivity index (χ2n) is 4.71. The van der Waals surface area contributed by atoms with Gasteiger partial charge in [-0.05, 0) is 25.2 Å². The van der Waals surface area contributed by atoms with Crippen LogP contribution in [0.5, 0.6) is 17.2 Å². The van der Waals surface area contributed by atoms with Gasteiger partial charge in [0.05, 0.1) is 21.3 Å². The zero-order chi connectivity index (χ0) is 16.3. The van der Waals surface area contributed by atoms with Crippen molar-refractivity contribution in [1.29, 1.82) is 0 Å². The Bertz CT molecular complexity index is 795. The van der Waals surface area contributed by atoms with Gasteiger partial charge in [-0.25, -0.2) is 0 Å². The van der Waals surface area contributed by atoms with E-state index in [0.29, 0.717) is 34.0 Å². The van der Waals surface area contributed by atoms with Crippen molar-refractivity contribution in [2.75, 3.05) is 21.3 Å². The molecule has 0 spiro atoms. The van der Waals surface area contributed by atoms with E-state index in [0.717, 1.165) is 11.3 Å². The number of H-pyrrole nitrogens is 2. The maximum absolute atomic E-state index is 12.1. The van der Waals surface area contributed by atoms with Gasteiger partial charge in [-0.3, -0.25) is 9.78 Å². The summed E-state index contributed by atoms with van der Waals surface area (Å²) in [5, 5.41) is 0. The number of ether oxygens (including phenoxy) is 3. The van der Waals surface area contributed by atoms with Crippen LogP contribution < -0.4 is 19.8 Å². The molecule has 2 aromatic rings. The lowest BCUT2D eigenvalue weighted by Gasteiger charge is -2.14. The summed E-state index contributed by atoms with van der Waals surface area (Å²) < 4.78 is 16.3. The van der Waals surface area contributed by atoms with E-state index in [2.05, 4.69) is 9.97 Å². The number of aryl methyl sites for hydroxylation is 1. The highest BCUT2D eigenvalue weighted by molar-refractivity contribution is 7.71. The summed E-state index contributed by atoms with van der Waals surface area (Å²) in [6.45, 7) is 1.81. The minimum absolute atomic E-state index is 0.210. The highest BCUT2D eigenvalue weighted by Crippen LogP contribution is 2.35. The first kappa shape index (κ1) is 16.1. The molecule has 0 aliphatic heterocycles. The van der Waals surface area contributed by atoms with E-state index in [9.17, 15) is 4.79 Å². The Hall–Kier alpha value is -2.28. The fourth-order valence-corrected chi connectivity index (χ4v) is 2.51. The SMILES string of the molecule is COc1cc(OC)c(OC)cc1Cc1c(C)[nH]c(=S)[nH]c1=O. The number of rotatable bonds is 5. The van der Waals surface area contributed by atoms with Gasteiger partial charge in [-0.1, -0.05) is 0 Å². The van der Waals surface area contributed by atoms with Crippen molar-refractivity contribution in [2.24, 2.45) is 0 Å². The molecule has 22 heavy (non-hydrogen) atoms. The minimum Gasteiger partial charge on any atom is -0.496 e. The lowest BCUT2D eigenvalue weighted by atomic mass is 10.0. The lowest BCUT2D eigenvalue weighted by Crippen LogP contribution is -2.17. The first-order valence-electron chi connectivity index (χ1n) is 6.61. The minimum atomic E-state index is -0.210. The van der Waals surface area contributed by atoms with Gasteiger partial charge in [0.1, 0.15) is 5.75 Å². The highest BCUT2D eigenvalue weighted by Gasteiger charge is 2.15. The number of aromatic nitrogens is 2. The largest absolute Gasteiger partial charge is 0.496 e. The molecular weight excluding hydrogens is 304 g/mol. The summed E-state index contributed by atoms with van der Waals surface area (Å²) in [7, 11) is 4.69. The Morgan fingerprint density at radius 2 is 1.59 bits per heavy atom. The summed E-state index contributed by atoms with van der Waals surface area (Å²) >= 11 is 4.96. The van der Waals surface area contributed by atoms with Crippen molar-refractivity contribution >= 4 is 12.2 Å². The Labute approximate surface area is 133 Å². The second kappa shape index (κ2) is 6.65. The molecular formula is C15H18N2O4S. The summed E-state index contributed by atoms with van der Waals surface area (Å²) in [6, 6.07) is 3.54. The molecule has 0 fully saturated rings. The molecule has 2 N–H and O–H groups in total. The van der Waals surface area contributed by atoms with Crippen molar-refractivity contribution in [3.05, 3.63) is 44.1 Å². The van der Waals surface area contributed by atoms with Gasteiger partial charge in [0.15, 0.2) is 16.3 Å². The van der Waals surface area contributed by atoms with Gasteiger partial charge in [0.25, 0.3) is 5.56 Å². The zero-order valence-corrected chi connectivity index (χ0v) is 13.7. The molecule has 0 saturated heterocycles. The van der Waals surface area contributed by atoms with Crippen LogP contribution in [-0.4, -0.2) is 31.3 Å². The van der Waals surface area contributed by atoms with Crippen molar-refractivity contribution in [3.63, 3.8) is 0 Å². The molecule has 0 saturated carbocycles. The monoisotopic (exact) mass is 322 g/mol. The first-order chi connectivity index (χ1) is 10.5. The fourth-order valence-electron chi connectivity index (χ4n) is 2.26. The molecule has 1 heterocycles. The van der Waals surface area contributed by atoms with Gasteiger partial charge in [0.2, 0.25) is 0 Å². The molecule has 0 unspecified atom stereocenters. The van der Waals surface area contributed by atoms with E-state index in [1.54, 1.807) is 33.5 Å². The Morgan fingerprint density at radius 3 is 2.14 bits per heavy atom. The molecule has 118 valence electrons. The quantitative estimate of drug-likeness (QED) is 0.827. The maximum Gasteiger partial charge on any atom is 0.255 e. The fraction of sp³-hybridized carbons (Fsp3) is 0.333. The number of methoxy groups -OCH3 is 3. The number of hydrogen-bond acceptors (Lipinski definition) is 5. The van der Waals surface area contributed by atoms with Gasteiger partial charge >= 0.3 is 0 Å². The first-order valence-corrected chi connectivity index (χ1v) is 7.02. The summed E-state index contributed by atoms with van der Waals surface area (Å²) in [5.74, 6) is 1.77. The second-order valence-corrected chi connectivity index (χ2v) is 5.12. The third-order valence-corrected chi connectivity index (χ3v) is 3.61. The predicted molar refractivity (Wildman–Crippen MR) is 85.9 cm³/mol. The summed E-state index contributed by atoms with van der Waals surface area (Å²) in [5.41, 5.74) is 1.93. The topological polar surface area (TPSA) is 76.3 Å². The molecule has 0 atom stereocenters. The third kappa shape index (κ3) is 3.14. The lowest BCUT2D eigenvalue weighted by molar-refractivity contribution is 0.347. The summed E-state index contributed by atoms with van der Waals surface area (Å²) in [4.78, 5) is 17.6. The molecule has 6 nitrogen and oxygen atoms in total. The van der Waals surface area contributed by atoms with Crippen LogP contribution in [0.15, 0.2) is 16.9 Å². The molecule has 0 amide bonds. The van der Waals surface area contributed by atoms with E-state index in [-0.39, 0.29) is 5.56 Å². The Balaban J connectivity index is 2.54. The van der Waals surface area contributed by atoms with E-state index >= 15 is 0 Å². The van der Waals surface area contributed by atoms with Crippen LogP contribution in [-0.2, 0) is 6.42 Å². The average Bonchev–Trinajstić information content (AvgIpc) is 2.49. The van der Waals surface area contributed by atoms with Gasteiger partial charge in [-0.15, -0.1) is 0 Å². The molecule has 0 radical (unpaired) electrons. The van der Waals surface area contributed by atoms with Crippen molar-refractivity contribution < 1.29 is 14.2 Å². The van der Waals surface area contributed by atoms with E-state index < -0.39 is 0 Å². The molecule has 0 bridgehead atoms. The zero-order valence-electron chi connectivity index (χ0n) is 12.9. The molecule has 1 aromatic heterocycles. The predicted octanol–water partition coefficient (Wildman–Crippen LogP) is 2.36. The van der Waals surface area contributed by atoms with Crippen molar-refractivity contribution in [2.45, 2.75) is 13.3 Å². The van der Waals surface area contributed by atoms with Gasteiger partial charge in [0, 0.05) is 29.3 Å². The van der Waals surface area contributed by atoms with Crippen molar-refractivity contribution in [1.82, 2.24) is 9.97 Å². The van der Waals surface area contributed by atoms with E-state index in [4.69, 9.17) is 26.4 Å². The van der Waals surface area contributed by atoms with Crippen molar-refractivity contribution in [3.8, 4) is 17.2 Å². The number of aromatic amines is 2. The average molecular weight is 322 g/mol. The third-order valence-electron chi connectivity index (χ3n) is 3.41. The van der Waals surface area contributed by atoms with Crippen LogP contribution in [0.2, 0.25) is 0 Å².